The third-order valence-corrected chi connectivity index (χ3v) is 3.87. The lowest BCUT2D eigenvalue weighted by Gasteiger charge is -2.10. The van der Waals surface area contributed by atoms with Crippen LogP contribution < -0.4 is 10.8 Å². The Balaban J connectivity index is 1.86. The van der Waals surface area contributed by atoms with Crippen molar-refractivity contribution in [1.82, 2.24) is 20.2 Å². The summed E-state index contributed by atoms with van der Waals surface area (Å²) in [7, 11) is 0. The van der Waals surface area contributed by atoms with Gasteiger partial charge in [-0.15, -0.1) is 0 Å². The van der Waals surface area contributed by atoms with Crippen LogP contribution in [0.15, 0.2) is 54.9 Å². The lowest BCUT2D eigenvalue weighted by atomic mass is 10.1. The fourth-order valence-electron chi connectivity index (χ4n) is 2.51. The number of carbonyl (C=O) groups is 2. The fraction of sp³-hybridized carbons (Fsp3) is 0.111. The summed E-state index contributed by atoms with van der Waals surface area (Å²) in [6, 6.07) is 9.29. The van der Waals surface area contributed by atoms with E-state index in [4.69, 9.17) is 5.21 Å². The van der Waals surface area contributed by atoms with Crippen LogP contribution in [0, 0.1) is 0 Å². The highest BCUT2D eigenvalue weighted by molar-refractivity contribution is 6.02. The lowest BCUT2D eigenvalue weighted by molar-refractivity contribution is -0.144. The summed E-state index contributed by atoms with van der Waals surface area (Å²) in [5.74, 6) is -1.56. The van der Waals surface area contributed by atoms with E-state index in [1.165, 1.54) is 48.2 Å². The minimum absolute atomic E-state index is 0.129. The van der Waals surface area contributed by atoms with Crippen molar-refractivity contribution < 1.29 is 28.0 Å². The minimum Gasteiger partial charge on any atom is -0.319 e. The Morgan fingerprint density at radius 3 is 2.41 bits per heavy atom. The first-order valence-corrected chi connectivity index (χ1v) is 8.17. The van der Waals surface area contributed by atoms with Gasteiger partial charge in [0.2, 0.25) is 0 Å². The maximum Gasteiger partial charge on any atom is 0.433 e. The number of aromatic nitrogens is 3. The molecular formula is C18H14F3N5O3. The van der Waals surface area contributed by atoms with Crippen molar-refractivity contribution in [2.45, 2.75) is 12.7 Å². The predicted molar refractivity (Wildman–Crippen MR) is 94.2 cm³/mol. The van der Waals surface area contributed by atoms with E-state index < -0.39 is 29.4 Å². The third-order valence-electron chi connectivity index (χ3n) is 3.87. The molecule has 11 heteroatoms. The van der Waals surface area contributed by atoms with Gasteiger partial charge in [0.25, 0.3) is 11.8 Å². The van der Waals surface area contributed by atoms with Gasteiger partial charge in [-0.25, -0.2) is 5.48 Å². The van der Waals surface area contributed by atoms with E-state index in [0.717, 1.165) is 0 Å². The average molecular weight is 405 g/mol. The number of pyridine rings is 1. The number of nitrogens with zero attached hydrogens (tertiary/aromatic N) is 3. The molecule has 3 N–H and O–H groups in total. The monoisotopic (exact) mass is 405 g/mol. The van der Waals surface area contributed by atoms with Crippen LogP contribution in [0.5, 0.6) is 0 Å². The van der Waals surface area contributed by atoms with Crippen molar-refractivity contribution in [3.63, 3.8) is 0 Å². The zero-order chi connectivity index (χ0) is 21.0. The molecule has 0 spiro atoms. The lowest BCUT2D eigenvalue weighted by Crippen LogP contribution is -2.18. The Morgan fingerprint density at radius 1 is 1.10 bits per heavy atom. The topological polar surface area (TPSA) is 109 Å². The van der Waals surface area contributed by atoms with Crippen molar-refractivity contribution in [3.05, 3.63) is 77.4 Å². The van der Waals surface area contributed by atoms with Gasteiger partial charge in [0.05, 0.1) is 18.4 Å². The van der Waals surface area contributed by atoms with Crippen LogP contribution in [0.1, 0.15) is 32.1 Å². The highest BCUT2D eigenvalue weighted by Gasteiger charge is 2.36. The molecule has 0 bridgehead atoms. The Kier molecular flexibility index (Phi) is 5.59. The third kappa shape index (κ3) is 4.76. The van der Waals surface area contributed by atoms with E-state index in [0.29, 0.717) is 22.0 Å². The number of amides is 2. The molecule has 2 heterocycles. The molecule has 0 saturated carbocycles. The molecule has 8 nitrogen and oxygen atoms in total. The summed E-state index contributed by atoms with van der Waals surface area (Å²) >= 11 is 0. The number of halogens is 3. The van der Waals surface area contributed by atoms with Crippen molar-refractivity contribution in [3.8, 4) is 0 Å². The van der Waals surface area contributed by atoms with Crippen molar-refractivity contribution >= 4 is 17.5 Å². The zero-order valence-electron chi connectivity index (χ0n) is 14.6. The summed E-state index contributed by atoms with van der Waals surface area (Å²) in [6.07, 6.45) is -1.89. The van der Waals surface area contributed by atoms with Crippen molar-refractivity contribution in [2.24, 2.45) is 0 Å². The second kappa shape index (κ2) is 8.10. The number of nitrogens with one attached hydrogen (secondary N) is 2. The maximum absolute atomic E-state index is 13.4. The van der Waals surface area contributed by atoms with E-state index >= 15 is 0 Å². The summed E-state index contributed by atoms with van der Waals surface area (Å²) < 4.78 is 40.8. The Labute approximate surface area is 161 Å². The molecule has 0 aliphatic carbocycles. The molecule has 150 valence electrons. The number of anilines is 1. The molecule has 1 aromatic carbocycles. The first kappa shape index (κ1) is 20.0. The number of hydroxylamine groups is 1. The molecule has 0 saturated heterocycles. The van der Waals surface area contributed by atoms with Gasteiger partial charge in [-0.05, 0) is 29.8 Å². The fourth-order valence-corrected chi connectivity index (χ4v) is 2.51. The van der Waals surface area contributed by atoms with Crippen LogP contribution in [-0.2, 0) is 12.7 Å². The molecular weight excluding hydrogens is 391 g/mol. The van der Waals surface area contributed by atoms with Crippen LogP contribution in [-0.4, -0.2) is 31.8 Å². The number of benzene rings is 1. The quantitative estimate of drug-likeness (QED) is 0.447. The van der Waals surface area contributed by atoms with Gasteiger partial charge in [0.15, 0.2) is 5.69 Å². The second-order valence-corrected chi connectivity index (χ2v) is 5.90. The first-order chi connectivity index (χ1) is 13.8. The maximum atomic E-state index is 13.4. The number of hydrogen-bond donors (Lipinski definition) is 3. The van der Waals surface area contributed by atoms with E-state index in [9.17, 15) is 22.8 Å². The predicted octanol–water partition coefficient (Wildman–Crippen LogP) is 2.72. The summed E-state index contributed by atoms with van der Waals surface area (Å²) in [5, 5.41) is 14.8. The van der Waals surface area contributed by atoms with Gasteiger partial charge >= 0.3 is 6.18 Å². The molecule has 0 aliphatic heterocycles. The standard InChI is InChI=1S/C18H14F3N5O3/c19-18(20,21)15-8-14(17(28)23-13-2-1-7-22-9-13)24-26(15)10-11-3-5-12(6-4-11)16(27)25-29/h1-9,29H,10H2,(H,23,28)(H,25,27). The molecule has 0 fully saturated rings. The number of rotatable bonds is 5. The zero-order valence-corrected chi connectivity index (χ0v) is 14.6. The van der Waals surface area contributed by atoms with Gasteiger partial charge in [-0.3, -0.25) is 24.5 Å². The summed E-state index contributed by atoms with van der Waals surface area (Å²) in [4.78, 5) is 27.4. The van der Waals surface area contributed by atoms with Gasteiger partial charge in [-0.2, -0.15) is 18.3 Å². The van der Waals surface area contributed by atoms with Gasteiger partial charge in [0.1, 0.15) is 5.69 Å². The van der Waals surface area contributed by atoms with Crippen LogP contribution in [0.25, 0.3) is 0 Å². The number of alkyl halides is 3. The van der Waals surface area contributed by atoms with Crippen molar-refractivity contribution in [1.29, 1.82) is 0 Å². The smallest absolute Gasteiger partial charge is 0.319 e. The molecule has 2 amide bonds. The van der Waals surface area contributed by atoms with Crippen LogP contribution in [0.2, 0.25) is 0 Å². The highest BCUT2D eigenvalue weighted by atomic mass is 19.4. The molecule has 0 radical (unpaired) electrons. The Bertz CT molecular complexity index is 1020. The Hall–Kier alpha value is -3.73. The second-order valence-electron chi connectivity index (χ2n) is 5.90. The largest absolute Gasteiger partial charge is 0.433 e. The van der Waals surface area contributed by atoms with E-state index in [1.807, 2.05) is 0 Å². The van der Waals surface area contributed by atoms with Gasteiger partial charge in [0, 0.05) is 17.8 Å². The number of carbonyl (C=O) groups excluding carboxylic acids is 2. The highest BCUT2D eigenvalue weighted by Crippen LogP contribution is 2.30. The molecule has 29 heavy (non-hydrogen) atoms. The molecule has 2 aromatic heterocycles. The Morgan fingerprint density at radius 2 is 1.83 bits per heavy atom. The summed E-state index contributed by atoms with van der Waals surface area (Å²) in [5.41, 5.74) is 0.821. The van der Waals surface area contributed by atoms with Crippen LogP contribution >= 0.6 is 0 Å². The normalized spacial score (nSPS) is 11.2. The minimum atomic E-state index is -4.73. The van der Waals surface area contributed by atoms with Crippen molar-refractivity contribution in [2.75, 3.05) is 5.32 Å². The van der Waals surface area contributed by atoms with E-state index in [-0.39, 0.29) is 12.1 Å². The van der Waals surface area contributed by atoms with Gasteiger partial charge < -0.3 is 5.32 Å². The molecule has 3 aromatic rings. The molecule has 0 unspecified atom stereocenters. The molecule has 0 aliphatic rings. The van der Waals surface area contributed by atoms with E-state index in [1.54, 1.807) is 6.07 Å². The van der Waals surface area contributed by atoms with E-state index in [2.05, 4.69) is 15.4 Å². The summed E-state index contributed by atoms with van der Waals surface area (Å²) in [6.45, 7) is -0.282. The van der Waals surface area contributed by atoms with Gasteiger partial charge in [-0.1, -0.05) is 12.1 Å². The average Bonchev–Trinajstić information content (AvgIpc) is 3.13. The van der Waals surface area contributed by atoms with Crippen LogP contribution in [0.3, 0.4) is 0 Å². The molecule has 3 rings (SSSR count). The molecule has 0 atom stereocenters. The SMILES string of the molecule is O=C(NO)c1ccc(Cn2nc(C(=O)Nc3cccnc3)cc2C(F)(F)F)cc1. The first-order valence-electron chi connectivity index (χ1n) is 8.17. The number of hydrogen-bond acceptors (Lipinski definition) is 5. The van der Waals surface area contributed by atoms with Crippen LogP contribution in [0.4, 0.5) is 18.9 Å².